The second-order valence-corrected chi connectivity index (χ2v) is 5.13. The van der Waals surface area contributed by atoms with E-state index >= 15 is 0 Å². The number of carbonyl (C=O) groups is 2. The third-order valence-electron chi connectivity index (χ3n) is 3.65. The van der Waals surface area contributed by atoms with Crippen LogP contribution >= 0.6 is 0 Å². The third-order valence-corrected chi connectivity index (χ3v) is 3.65. The van der Waals surface area contributed by atoms with E-state index in [9.17, 15) is 9.59 Å². The Bertz CT molecular complexity index is 470. The maximum atomic E-state index is 12.3. The molecular weight excluding hydrogens is 268 g/mol. The van der Waals surface area contributed by atoms with Crippen molar-refractivity contribution in [1.29, 1.82) is 0 Å². The lowest BCUT2D eigenvalue weighted by Gasteiger charge is -2.24. The second kappa shape index (κ2) is 7.78. The lowest BCUT2D eigenvalue weighted by Crippen LogP contribution is -2.42. The van der Waals surface area contributed by atoms with Gasteiger partial charge >= 0.3 is 5.97 Å². The van der Waals surface area contributed by atoms with E-state index in [4.69, 9.17) is 4.74 Å². The predicted molar refractivity (Wildman–Crippen MR) is 79.6 cm³/mol. The molecule has 5 heteroatoms. The standard InChI is InChI=1S/C16H22N2O3/c1-2-21-16(20)14(12-6-4-3-5-7-12)18-15(19)13-8-10-17-11-9-13/h3-7,13-14,17H,2,8-11H2,1H3,(H,18,19)/t14-/m1/s1. The molecule has 1 amide bonds. The van der Waals surface area contributed by atoms with Crippen molar-refractivity contribution in [2.75, 3.05) is 19.7 Å². The molecule has 21 heavy (non-hydrogen) atoms. The van der Waals surface area contributed by atoms with Gasteiger partial charge in [-0.2, -0.15) is 0 Å². The largest absolute Gasteiger partial charge is 0.464 e. The summed E-state index contributed by atoms with van der Waals surface area (Å²) in [6.45, 7) is 3.74. The molecule has 114 valence electrons. The zero-order valence-electron chi connectivity index (χ0n) is 12.3. The van der Waals surface area contributed by atoms with Gasteiger partial charge in [0.25, 0.3) is 0 Å². The van der Waals surface area contributed by atoms with Crippen molar-refractivity contribution >= 4 is 11.9 Å². The first-order valence-corrected chi connectivity index (χ1v) is 7.45. The van der Waals surface area contributed by atoms with Crippen LogP contribution in [0.4, 0.5) is 0 Å². The molecule has 1 aromatic rings. The van der Waals surface area contributed by atoms with Crippen molar-refractivity contribution in [2.24, 2.45) is 5.92 Å². The molecule has 1 saturated heterocycles. The fourth-order valence-corrected chi connectivity index (χ4v) is 2.49. The van der Waals surface area contributed by atoms with Gasteiger partial charge in [-0.15, -0.1) is 0 Å². The van der Waals surface area contributed by atoms with Gasteiger partial charge in [0.15, 0.2) is 6.04 Å². The number of nitrogens with one attached hydrogen (secondary N) is 2. The van der Waals surface area contributed by atoms with Gasteiger partial charge in [0.2, 0.25) is 5.91 Å². The van der Waals surface area contributed by atoms with E-state index in [0.717, 1.165) is 31.5 Å². The Morgan fingerprint density at radius 2 is 1.95 bits per heavy atom. The van der Waals surface area contributed by atoms with Gasteiger partial charge in [-0.3, -0.25) is 4.79 Å². The first kappa shape index (κ1) is 15.5. The molecule has 5 nitrogen and oxygen atoms in total. The Labute approximate surface area is 125 Å². The van der Waals surface area contributed by atoms with Gasteiger partial charge < -0.3 is 15.4 Å². The summed E-state index contributed by atoms with van der Waals surface area (Å²) < 4.78 is 5.08. The Hall–Kier alpha value is -1.88. The Balaban J connectivity index is 2.08. The van der Waals surface area contributed by atoms with Gasteiger partial charge in [-0.1, -0.05) is 30.3 Å². The number of rotatable bonds is 5. The van der Waals surface area contributed by atoms with E-state index in [1.165, 1.54) is 0 Å². The molecule has 0 unspecified atom stereocenters. The summed E-state index contributed by atoms with van der Waals surface area (Å²) in [6, 6.07) is 8.49. The van der Waals surface area contributed by atoms with Crippen LogP contribution in [-0.4, -0.2) is 31.6 Å². The van der Waals surface area contributed by atoms with Crippen molar-refractivity contribution in [2.45, 2.75) is 25.8 Å². The molecular formula is C16H22N2O3. The number of benzene rings is 1. The van der Waals surface area contributed by atoms with Crippen LogP contribution in [-0.2, 0) is 14.3 Å². The molecule has 0 spiro atoms. The van der Waals surface area contributed by atoms with Crippen LogP contribution in [0.1, 0.15) is 31.4 Å². The number of amides is 1. The zero-order valence-corrected chi connectivity index (χ0v) is 12.3. The van der Waals surface area contributed by atoms with E-state index in [1.807, 2.05) is 30.3 Å². The molecule has 1 aliphatic heterocycles. The molecule has 0 aliphatic carbocycles. The van der Waals surface area contributed by atoms with Crippen molar-refractivity contribution in [3.63, 3.8) is 0 Å². The number of piperidine rings is 1. The van der Waals surface area contributed by atoms with Gasteiger partial charge in [0.05, 0.1) is 6.61 Å². The fourth-order valence-electron chi connectivity index (χ4n) is 2.49. The number of carbonyl (C=O) groups excluding carboxylic acids is 2. The van der Waals surface area contributed by atoms with Crippen molar-refractivity contribution in [3.05, 3.63) is 35.9 Å². The fraction of sp³-hybridized carbons (Fsp3) is 0.500. The van der Waals surface area contributed by atoms with E-state index in [1.54, 1.807) is 6.92 Å². The van der Waals surface area contributed by atoms with Crippen molar-refractivity contribution in [1.82, 2.24) is 10.6 Å². The Morgan fingerprint density at radius 1 is 1.29 bits per heavy atom. The van der Waals surface area contributed by atoms with Gasteiger partial charge in [0.1, 0.15) is 0 Å². The number of ether oxygens (including phenoxy) is 1. The summed E-state index contributed by atoms with van der Waals surface area (Å²) in [5, 5.41) is 6.07. The van der Waals surface area contributed by atoms with E-state index in [-0.39, 0.29) is 11.8 Å². The van der Waals surface area contributed by atoms with Crippen LogP contribution in [0.5, 0.6) is 0 Å². The summed E-state index contributed by atoms with van der Waals surface area (Å²) >= 11 is 0. The highest BCUT2D eigenvalue weighted by molar-refractivity contribution is 5.86. The lowest BCUT2D eigenvalue weighted by molar-refractivity contribution is -0.148. The van der Waals surface area contributed by atoms with Crippen LogP contribution in [0.25, 0.3) is 0 Å². The molecule has 1 atom stereocenters. The molecule has 0 saturated carbocycles. The first-order valence-electron chi connectivity index (χ1n) is 7.45. The summed E-state index contributed by atoms with van der Waals surface area (Å²) in [6.07, 6.45) is 1.60. The SMILES string of the molecule is CCOC(=O)[C@H](NC(=O)C1CCNCC1)c1ccccc1. The second-order valence-electron chi connectivity index (χ2n) is 5.13. The Kier molecular flexibility index (Phi) is 5.75. The minimum atomic E-state index is -0.728. The quantitative estimate of drug-likeness (QED) is 0.805. The normalized spacial score (nSPS) is 17.0. The summed E-state index contributed by atoms with van der Waals surface area (Å²) in [4.78, 5) is 24.5. The smallest absolute Gasteiger partial charge is 0.333 e. The average Bonchev–Trinajstić information content (AvgIpc) is 2.54. The number of hydrogen-bond acceptors (Lipinski definition) is 4. The minimum Gasteiger partial charge on any atom is -0.464 e. The average molecular weight is 290 g/mol. The highest BCUT2D eigenvalue weighted by Gasteiger charge is 2.28. The highest BCUT2D eigenvalue weighted by Crippen LogP contribution is 2.18. The van der Waals surface area contributed by atoms with Gasteiger partial charge in [0, 0.05) is 5.92 Å². The van der Waals surface area contributed by atoms with E-state index in [0.29, 0.717) is 6.61 Å². The molecule has 1 heterocycles. The van der Waals surface area contributed by atoms with Crippen LogP contribution in [0.15, 0.2) is 30.3 Å². The predicted octanol–water partition coefficient (Wildman–Crippen LogP) is 1.41. The topological polar surface area (TPSA) is 67.4 Å². The molecule has 2 rings (SSSR count). The summed E-state index contributed by atoms with van der Waals surface area (Å²) in [5.41, 5.74) is 0.748. The van der Waals surface area contributed by atoms with Crippen LogP contribution in [0.3, 0.4) is 0 Å². The molecule has 1 fully saturated rings. The van der Waals surface area contributed by atoms with Gasteiger partial charge in [-0.05, 0) is 38.4 Å². The van der Waals surface area contributed by atoms with Gasteiger partial charge in [-0.25, -0.2) is 4.79 Å². The summed E-state index contributed by atoms with van der Waals surface area (Å²) in [7, 11) is 0. The molecule has 0 aromatic heterocycles. The van der Waals surface area contributed by atoms with E-state index in [2.05, 4.69) is 10.6 Å². The third kappa shape index (κ3) is 4.29. The van der Waals surface area contributed by atoms with Crippen LogP contribution < -0.4 is 10.6 Å². The van der Waals surface area contributed by atoms with Crippen LogP contribution in [0, 0.1) is 5.92 Å². The number of esters is 1. The molecule has 1 aliphatic rings. The lowest BCUT2D eigenvalue weighted by atomic mass is 9.96. The van der Waals surface area contributed by atoms with Crippen LogP contribution in [0.2, 0.25) is 0 Å². The molecule has 0 bridgehead atoms. The highest BCUT2D eigenvalue weighted by atomic mass is 16.5. The Morgan fingerprint density at radius 3 is 2.57 bits per heavy atom. The van der Waals surface area contributed by atoms with E-state index < -0.39 is 12.0 Å². The van der Waals surface area contributed by atoms with Crippen molar-refractivity contribution in [3.8, 4) is 0 Å². The molecule has 2 N–H and O–H groups in total. The zero-order chi connectivity index (χ0) is 15.1. The minimum absolute atomic E-state index is 0.0353. The molecule has 1 aromatic carbocycles. The maximum Gasteiger partial charge on any atom is 0.333 e. The first-order chi connectivity index (χ1) is 10.2. The summed E-state index contributed by atoms with van der Waals surface area (Å²) in [5.74, 6) is -0.517. The maximum absolute atomic E-state index is 12.3. The monoisotopic (exact) mass is 290 g/mol. The number of hydrogen-bond donors (Lipinski definition) is 2. The molecule has 0 radical (unpaired) electrons. The van der Waals surface area contributed by atoms with Crippen molar-refractivity contribution < 1.29 is 14.3 Å².